The summed E-state index contributed by atoms with van der Waals surface area (Å²) >= 11 is 7.04. The summed E-state index contributed by atoms with van der Waals surface area (Å²) in [4.78, 5) is 23.3. The largest absolute Gasteiger partial charge is 0.564 e. The Balaban J connectivity index is 2.41. The molecule has 5 heteroatoms. The Morgan fingerprint density at radius 1 is 1.53 bits per heavy atom. The molecule has 15 heavy (non-hydrogen) atoms. The summed E-state index contributed by atoms with van der Waals surface area (Å²) in [6.07, 6.45) is 0.0976. The third-order valence-electron chi connectivity index (χ3n) is 2.17. The zero-order valence-electron chi connectivity index (χ0n) is 7.62. The van der Waals surface area contributed by atoms with Gasteiger partial charge >= 0.3 is 5.97 Å². The van der Waals surface area contributed by atoms with Gasteiger partial charge in [-0.3, -0.25) is 4.79 Å². The molecule has 0 radical (unpaired) electrons. The molecule has 0 bridgehead atoms. The van der Waals surface area contributed by atoms with E-state index in [-0.39, 0.29) is 12.2 Å². The fourth-order valence-corrected chi connectivity index (χ4v) is 2.71. The molecule has 1 aromatic carbocycles. The molecule has 1 heterocycles. The normalized spacial score (nSPS) is 19.8. The maximum atomic E-state index is 11.6. The molecule has 0 saturated carbocycles. The molecule has 0 fully saturated rings. The molecule has 0 aromatic heterocycles. The molecule has 0 saturated heterocycles. The van der Waals surface area contributed by atoms with E-state index in [1.807, 2.05) is 0 Å². The minimum atomic E-state index is -0.700. The second-order valence-corrected chi connectivity index (χ2v) is 4.92. The SMILES string of the molecule is O=C1CC(C(=O)[OH2+])Sc2ccc(Cl)cc21. The van der Waals surface area contributed by atoms with Gasteiger partial charge in [-0.2, -0.15) is 0 Å². The summed E-state index contributed by atoms with van der Waals surface area (Å²) in [5, 5.41) is 6.96. The van der Waals surface area contributed by atoms with Crippen molar-refractivity contribution in [2.24, 2.45) is 0 Å². The van der Waals surface area contributed by atoms with Crippen LogP contribution in [0, 0.1) is 0 Å². The van der Waals surface area contributed by atoms with E-state index in [4.69, 9.17) is 16.7 Å². The highest BCUT2D eigenvalue weighted by atomic mass is 35.5. The van der Waals surface area contributed by atoms with Gasteiger partial charge in [0.15, 0.2) is 11.0 Å². The highest BCUT2D eigenvalue weighted by Crippen LogP contribution is 2.36. The number of Topliss-reactive ketones (excluding diaryl/α,β-unsaturated/α-hetero) is 1. The Bertz CT molecular complexity index is 444. The van der Waals surface area contributed by atoms with Crippen molar-refractivity contribution in [3.63, 3.8) is 0 Å². The number of ketones is 1. The van der Waals surface area contributed by atoms with Crippen molar-refractivity contribution >= 4 is 35.1 Å². The lowest BCUT2D eigenvalue weighted by atomic mass is 10.1. The average Bonchev–Trinajstić information content (AvgIpc) is 2.18. The summed E-state index contributed by atoms with van der Waals surface area (Å²) in [5.74, 6) is -0.814. The number of fused-ring (bicyclic) bond motifs is 1. The number of benzene rings is 1. The molecule has 1 aromatic rings. The predicted octanol–water partition coefficient (Wildman–Crippen LogP) is 1.64. The lowest BCUT2D eigenvalue weighted by Gasteiger charge is -2.17. The molecule has 2 rings (SSSR count). The van der Waals surface area contributed by atoms with E-state index in [1.54, 1.807) is 18.2 Å². The van der Waals surface area contributed by atoms with Crippen molar-refractivity contribution in [1.82, 2.24) is 0 Å². The number of halogens is 1. The van der Waals surface area contributed by atoms with E-state index >= 15 is 0 Å². The zero-order chi connectivity index (χ0) is 11.0. The van der Waals surface area contributed by atoms with Crippen molar-refractivity contribution in [3.05, 3.63) is 28.8 Å². The Hall–Kier alpha value is -1.00. The van der Waals surface area contributed by atoms with E-state index in [1.165, 1.54) is 11.8 Å². The van der Waals surface area contributed by atoms with Gasteiger partial charge in [-0.25, -0.2) is 0 Å². The van der Waals surface area contributed by atoms with E-state index in [9.17, 15) is 9.59 Å². The average molecular weight is 244 g/mol. The number of carbonyl (C=O) groups excluding carboxylic acids is 2. The Morgan fingerprint density at radius 3 is 2.93 bits per heavy atom. The highest BCUT2D eigenvalue weighted by molar-refractivity contribution is 8.00. The van der Waals surface area contributed by atoms with Crippen LogP contribution in [0.25, 0.3) is 0 Å². The summed E-state index contributed by atoms with van der Waals surface area (Å²) in [6.45, 7) is 0. The van der Waals surface area contributed by atoms with E-state index in [0.717, 1.165) is 4.90 Å². The van der Waals surface area contributed by atoms with Crippen molar-refractivity contribution in [2.75, 3.05) is 0 Å². The number of hydrogen-bond donors (Lipinski definition) is 0. The molecule has 1 unspecified atom stereocenters. The number of hydrogen-bond acceptors (Lipinski definition) is 3. The first-order valence-corrected chi connectivity index (χ1v) is 5.58. The van der Waals surface area contributed by atoms with Crippen LogP contribution in [-0.4, -0.2) is 22.1 Å². The van der Waals surface area contributed by atoms with Crippen LogP contribution >= 0.6 is 23.4 Å². The predicted molar refractivity (Wildman–Crippen MR) is 58.7 cm³/mol. The fourth-order valence-electron chi connectivity index (χ4n) is 1.44. The summed E-state index contributed by atoms with van der Waals surface area (Å²) in [6, 6.07) is 5.00. The van der Waals surface area contributed by atoms with Crippen LogP contribution in [-0.2, 0) is 4.79 Å². The maximum absolute atomic E-state index is 11.6. The van der Waals surface area contributed by atoms with Gasteiger partial charge in [0.2, 0.25) is 0 Å². The lowest BCUT2D eigenvalue weighted by molar-refractivity contribution is -0.136. The number of carbonyl (C=O) groups is 2. The second kappa shape index (κ2) is 3.87. The standard InChI is InChI=1S/C10H7ClO3S/c11-5-1-2-8-6(3-5)7(12)4-9(15-8)10(13)14/h1-3,9H,4H2,(H,13,14)/p+1. The van der Waals surface area contributed by atoms with Crippen molar-refractivity contribution in [3.8, 4) is 0 Å². The molecule has 1 aliphatic rings. The molecule has 0 aliphatic carbocycles. The Morgan fingerprint density at radius 2 is 2.27 bits per heavy atom. The molecule has 3 nitrogen and oxygen atoms in total. The van der Waals surface area contributed by atoms with Crippen molar-refractivity contribution in [2.45, 2.75) is 16.6 Å². The maximum Gasteiger partial charge on any atom is 0.529 e. The molecule has 78 valence electrons. The van der Waals surface area contributed by atoms with Crippen LogP contribution in [0.15, 0.2) is 23.1 Å². The van der Waals surface area contributed by atoms with Gasteiger partial charge in [-0.05, 0) is 18.2 Å². The molecule has 0 spiro atoms. The van der Waals surface area contributed by atoms with Crippen LogP contribution in [0.1, 0.15) is 16.8 Å². The van der Waals surface area contributed by atoms with Crippen LogP contribution in [0.4, 0.5) is 0 Å². The van der Waals surface area contributed by atoms with Gasteiger partial charge < -0.3 is 5.11 Å². The monoisotopic (exact) mass is 243 g/mol. The van der Waals surface area contributed by atoms with E-state index in [2.05, 4.69) is 0 Å². The molecule has 1 aliphatic heterocycles. The Kier molecular flexibility index (Phi) is 2.71. The number of rotatable bonds is 1. The third-order valence-corrected chi connectivity index (χ3v) is 3.68. The van der Waals surface area contributed by atoms with Crippen LogP contribution in [0.3, 0.4) is 0 Å². The van der Waals surface area contributed by atoms with Crippen molar-refractivity contribution in [1.29, 1.82) is 0 Å². The molecular formula is C10H8ClO3S+. The van der Waals surface area contributed by atoms with Crippen LogP contribution < -0.4 is 0 Å². The molecule has 2 N–H and O–H groups in total. The quantitative estimate of drug-likeness (QED) is 0.705. The minimum absolute atomic E-state index is 0.0976. The van der Waals surface area contributed by atoms with Gasteiger partial charge in [0.25, 0.3) is 0 Å². The van der Waals surface area contributed by atoms with Gasteiger partial charge in [-0.15, -0.1) is 11.8 Å². The van der Waals surface area contributed by atoms with E-state index < -0.39 is 11.2 Å². The minimum Gasteiger partial charge on any atom is -0.564 e. The van der Waals surface area contributed by atoms with Gasteiger partial charge in [-0.1, -0.05) is 11.6 Å². The summed E-state index contributed by atoms with van der Waals surface area (Å²) in [5.41, 5.74) is 0.560. The van der Waals surface area contributed by atoms with Gasteiger partial charge in [0, 0.05) is 26.7 Å². The second-order valence-electron chi connectivity index (χ2n) is 3.24. The highest BCUT2D eigenvalue weighted by Gasteiger charge is 2.34. The third kappa shape index (κ3) is 2.01. The van der Waals surface area contributed by atoms with Crippen LogP contribution in [0.2, 0.25) is 5.02 Å². The number of thioether (sulfide) groups is 1. The first-order valence-electron chi connectivity index (χ1n) is 4.33. The van der Waals surface area contributed by atoms with Crippen molar-refractivity contribution < 1.29 is 14.7 Å². The summed E-state index contributed by atoms with van der Waals surface area (Å²) in [7, 11) is 0. The molecule has 1 atom stereocenters. The first-order chi connectivity index (χ1) is 7.08. The van der Waals surface area contributed by atoms with Gasteiger partial charge in [0.1, 0.15) is 0 Å². The summed E-state index contributed by atoms with van der Waals surface area (Å²) < 4.78 is 0. The first kappa shape index (κ1) is 10.5. The molecular weight excluding hydrogens is 236 g/mol. The molecule has 0 amide bonds. The zero-order valence-corrected chi connectivity index (χ0v) is 9.19. The topological polar surface area (TPSA) is 57.0 Å². The Labute approximate surface area is 95.4 Å². The van der Waals surface area contributed by atoms with Gasteiger partial charge in [0.05, 0.1) is 0 Å². The lowest BCUT2D eigenvalue weighted by Crippen LogP contribution is -2.24. The smallest absolute Gasteiger partial charge is 0.529 e. The van der Waals surface area contributed by atoms with Crippen LogP contribution in [0.5, 0.6) is 0 Å². The van der Waals surface area contributed by atoms with E-state index in [0.29, 0.717) is 10.6 Å². The fraction of sp³-hybridized carbons (Fsp3) is 0.200.